The molecule has 0 saturated carbocycles. The van der Waals surface area contributed by atoms with Gasteiger partial charge in [-0.2, -0.15) is 0 Å². The molecule has 16 heavy (non-hydrogen) atoms. The first-order chi connectivity index (χ1) is 7.60. The first-order valence-electron chi connectivity index (χ1n) is 6.10. The highest BCUT2D eigenvalue weighted by Crippen LogP contribution is 2.29. The van der Waals surface area contributed by atoms with E-state index in [0.717, 1.165) is 19.1 Å². The van der Waals surface area contributed by atoms with Gasteiger partial charge in [0, 0.05) is 32.7 Å². The van der Waals surface area contributed by atoms with Crippen LogP contribution in [0.15, 0.2) is 4.99 Å². The van der Waals surface area contributed by atoms with Crippen molar-refractivity contribution in [2.45, 2.75) is 39.2 Å². The lowest BCUT2D eigenvalue weighted by atomic mass is 9.82. The molecule has 2 N–H and O–H groups in total. The number of rotatable bonds is 3. The van der Waals surface area contributed by atoms with E-state index in [0.29, 0.717) is 6.10 Å². The molecule has 4 nitrogen and oxygen atoms in total. The summed E-state index contributed by atoms with van der Waals surface area (Å²) in [7, 11) is 3.66. The Bertz CT molecular complexity index is 232. The van der Waals surface area contributed by atoms with E-state index in [-0.39, 0.29) is 5.41 Å². The lowest BCUT2D eigenvalue weighted by molar-refractivity contribution is -0.0524. The molecule has 0 amide bonds. The number of ether oxygens (including phenoxy) is 1. The highest BCUT2D eigenvalue weighted by Gasteiger charge is 2.31. The van der Waals surface area contributed by atoms with Gasteiger partial charge in [0.05, 0.1) is 6.10 Å². The second kappa shape index (κ2) is 6.09. The molecule has 0 aromatic rings. The molecule has 1 fully saturated rings. The number of guanidine groups is 1. The fourth-order valence-electron chi connectivity index (χ4n) is 2.06. The van der Waals surface area contributed by atoms with Gasteiger partial charge in [0.15, 0.2) is 5.96 Å². The molecule has 1 saturated heterocycles. The molecule has 94 valence electrons. The Balaban J connectivity index is 2.43. The van der Waals surface area contributed by atoms with Crippen molar-refractivity contribution in [3.63, 3.8) is 0 Å². The van der Waals surface area contributed by atoms with E-state index in [1.165, 1.54) is 19.3 Å². The van der Waals surface area contributed by atoms with Crippen LogP contribution in [0.3, 0.4) is 0 Å². The van der Waals surface area contributed by atoms with Crippen molar-refractivity contribution in [1.29, 1.82) is 0 Å². The molecule has 0 aromatic carbocycles. The van der Waals surface area contributed by atoms with E-state index < -0.39 is 0 Å². The largest absolute Gasteiger partial charge is 0.378 e. The average Bonchev–Trinajstić information content (AvgIpc) is 2.31. The number of aliphatic imine (C=N–C) groups is 1. The predicted molar refractivity (Wildman–Crippen MR) is 67.8 cm³/mol. The molecule has 1 rings (SSSR count). The molecule has 4 heteroatoms. The highest BCUT2D eigenvalue weighted by atomic mass is 16.5. The standard InChI is InChI=1S/C12H25N3O/c1-12(2,9-15-11(13-3)14-4)10-7-5-6-8-16-10/h10H,5-9H2,1-4H3,(H2,13,14,15)/t10-/m1/s1. The van der Waals surface area contributed by atoms with Crippen LogP contribution in [0.5, 0.6) is 0 Å². The Labute approximate surface area is 98.9 Å². The van der Waals surface area contributed by atoms with Crippen molar-refractivity contribution < 1.29 is 4.74 Å². The van der Waals surface area contributed by atoms with Gasteiger partial charge in [0.2, 0.25) is 0 Å². The zero-order valence-corrected chi connectivity index (χ0v) is 11.0. The van der Waals surface area contributed by atoms with Crippen molar-refractivity contribution in [3.8, 4) is 0 Å². The van der Waals surface area contributed by atoms with Crippen LogP contribution in [0.4, 0.5) is 0 Å². The summed E-state index contributed by atoms with van der Waals surface area (Å²) in [6.45, 7) is 6.29. The number of hydrogen-bond acceptors (Lipinski definition) is 2. The van der Waals surface area contributed by atoms with E-state index in [1.807, 2.05) is 7.05 Å². The van der Waals surface area contributed by atoms with Crippen LogP contribution in [0, 0.1) is 5.41 Å². The third kappa shape index (κ3) is 3.67. The molecule has 1 heterocycles. The molecule has 0 bridgehead atoms. The van der Waals surface area contributed by atoms with Crippen LogP contribution >= 0.6 is 0 Å². The first-order valence-corrected chi connectivity index (χ1v) is 6.10. The SMILES string of the molecule is CN=C(NC)NCC(C)(C)[C@H]1CCCCO1. The summed E-state index contributed by atoms with van der Waals surface area (Å²) in [5.74, 6) is 0.837. The minimum Gasteiger partial charge on any atom is -0.378 e. The van der Waals surface area contributed by atoms with Gasteiger partial charge >= 0.3 is 0 Å². The second-order valence-corrected chi connectivity index (χ2v) is 5.02. The first kappa shape index (κ1) is 13.3. The molecule has 1 atom stereocenters. The minimum atomic E-state index is 0.146. The number of hydrogen-bond donors (Lipinski definition) is 2. The maximum absolute atomic E-state index is 5.84. The van der Waals surface area contributed by atoms with Gasteiger partial charge in [-0.05, 0) is 19.3 Å². The lowest BCUT2D eigenvalue weighted by Crippen LogP contribution is -2.46. The Hall–Kier alpha value is -0.770. The Morgan fingerprint density at radius 2 is 2.19 bits per heavy atom. The summed E-state index contributed by atoms with van der Waals surface area (Å²) >= 11 is 0. The van der Waals surface area contributed by atoms with Gasteiger partial charge in [-0.25, -0.2) is 0 Å². The van der Waals surface area contributed by atoms with Gasteiger partial charge in [0.25, 0.3) is 0 Å². The summed E-state index contributed by atoms with van der Waals surface area (Å²) in [5, 5.41) is 6.34. The van der Waals surface area contributed by atoms with Crippen molar-refractivity contribution in [3.05, 3.63) is 0 Å². The maximum Gasteiger partial charge on any atom is 0.190 e. The van der Waals surface area contributed by atoms with Gasteiger partial charge in [-0.3, -0.25) is 4.99 Å². The van der Waals surface area contributed by atoms with E-state index >= 15 is 0 Å². The van der Waals surface area contributed by atoms with Crippen molar-refractivity contribution in [1.82, 2.24) is 10.6 Å². The van der Waals surface area contributed by atoms with E-state index in [1.54, 1.807) is 7.05 Å². The molecule has 0 unspecified atom stereocenters. The fraction of sp³-hybridized carbons (Fsp3) is 0.917. The molecule has 1 aliphatic rings. The van der Waals surface area contributed by atoms with Crippen LogP contribution in [0.2, 0.25) is 0 Å². The quantitative estimate of drug-likeness (QED) is 0.565. The van der Waals surface area contributed by atoms with Crippen LogP contribution < -0.4 is 10.6 Å². The van der Waals surface area contributed by atoms with E-state index in [9.17, 15) is 0 Å². The van der Waals surface area contributed by atoms with Gasteiger partial charge < -0.3 is 15.4 Å². The monoisotopic (exact) mass is 227 g/mol. The lowest BCUT2D eigenvalue weighted by Gasteiger charge is -2.37. The number of nitrogens with zero attached hydrogens (tertiary/aromatic N) is 1. The van der Waals surface area contributed by atoms with Crippen molar-refractivity contribution in [2.75, 3.05) is 27.2 Å². The molecule has 0 spiro atoms. The van der Waals surface area contributed by atoms with Crippen LogP contribution in [-0.2, 0) is 4.74 Å². The molecule has 0 aliphatic carbocycles. The third-order valence-electron chi connectivity index (χ3n) is 3.22. The summed E-state index contributed by atoms with van der Waals surface area (Å²) in [4.78, 5) is 4.11. The second-order valence-electron chi connectivity index (χ2n) is 5.02. The van der Waals surface area contributed by atoms with Crippen molar-refractivity contribution in [2.24, 2.45) is 10.4 Å². The normalized spacial score (nSPS) is 23.0. The van der Waals surface area contributed by atoms with Gasteiger partial charge in [-0.1, -0.05) is 13.8 Å². The van der Waals surface area contributed by atoms with E-state index in [4.69, 9.17) is 4.74 Å². The minimum absolute atomic E-state index is 0.146. The van der Waals surface area contributed by atoms with E-state index in [2.05, 4.69) is 29.5 Å². The van der Waals surface area contributed by atoms with Gasteiger partial charge in [0.1, 0.15) is 0 Å². The summed E-state index contributed by atoms with van der Waals surface area (Å²) < 4.78 is 5.84. The Kier molecular flexibility index (Phi) is 5.06. The maximum atomic E-state index is 5.84. The molecule has 0 radical (unpaired) electrons. The van der Waals surface area contributed by atoms with Crippen LogP contribution in [0.1, 0.15) is 33.1 Å². The highest BCUT2D eigenvalue weighted by molar-refractivity contribution is 5.79. The summed E-state index contributed by atoms with van der Waals surface area (Å²) in [5.41, 5.74) is 0.146. The smallest absolute Gasteiger partial charge is 0.190 e. The van der Waals surface area contributed by atoms with Crippen molar-refractivity contribution >= 4 is 5.96 Å². The molecule has 0 aromatic heterocycles. The third-order valence-corrected chi connectivity index (χ3v) is 3.22. The van der Waals surface area contributed by atoms with Crippen LogP contribution in [-0.4, -0.2) is 39.3 Å². The molecular weight excluding hydrogens is 202 g/mol. The average molecular weight is 227 g/mol. The summed E-state index contributed by atoms with van der Waals surface area (Å²) in [6.07, 6.45) is 4.03. The van der Waals surface area contributed by atoms with Crippen LogP contribution in [0.25, 0.3) is 0 Å². The zero-order chi connectivity index (χ0) is 12.0. The predicted octanol–water partition coefficient (Wildman–Crippen LogP) is 1.38. The number of nitrogens with one attached hydrogen (secondary N) is 2. The molecular formula is C12H25N3O. The topological polar surface area (TPSA) is 45.7 Å². The summed E-state index contributed by atoms with van der Waals surface area (Å²) in [6, 6.07) is 0. The fourth-order valence-corrected chi connectivity index (χ4v) is 2.06. The zero-order valence-electron chi connectivity index (χ0n) is 11.0. The Morgan fingerprint density at radius 3 is 2.69 bits per heavy atom. The van der Waals surface area contributed by atoms with Gasteiger partial charge in [-0.15, -0.1) is 0 Å². The molecule has 1 aliphatic heterocycles. The Morgan fingerprint density at radius 1 is 1.44 bits per heavy atom.